The number of carbonyl (C=O) groups is 1. The fraction of sp³-hybridized carbons (Fsp3) is 0.136. The summed E-state index contributed by atoms with van der Waals surface area (Å²) in [5, 5.41) is 11.0. The molecule has 0 saturated heterocycles. The number of hydrogen-bond acceptors (Lipinski definition) is 4. The van der Waals surface area contributed by atoms with Gasteiger partial charge >= 0.3 is 0 Å². The number of anilines is 2. The van der Waals surface area contributed by atoms with Crippen molar-refractivity contribution in [1.29, 1.82) is 0 Å². The molecule has 6 nitrogen and oxygen atoms in total. The van der Waals surface area contributed by atoms with Crippen molar-refractivity contribution in [3.63, 3.8) is 0 Å². The van der Waals surface area contributed by atoms with Crippen molar-refractivity contribution in [2.45, 2.75) is 20.4 Å². The Morgan fingerprint density at radius 3 is 2.66 bits per heavy atom. The smallest absolute Gasteiger partial charge is 0.261 e. The Bertz CT molecular complexity index is 1190. The third-order valence-electron chi connectivity index (χ3n) is 4.58. The van der Waals surface area contributed by atoms with E-state index in [1.54, 1.807) is 10.6 Å². The number of nitrogens with one attached hydrogen (secondary N) is 2. The summed E-state index contributed by atoms with van der Waals surface area (Å²) in [6.07, 6.45) is 1.53. The first-order valence-electron chi connectivity index (χ1n) is 9.22. The standard InChI is InChI=1S/C22H20ClN5O/c1-14-10-15(2)28-21(26-14)18(13-25-28)22(29)27-17-8-9-20(19(23)11-17)24-12-16-6-4-3-5-7-16/h3-11,13,24H,12H2,1-2H3,(H,27,29). The summed E-state index contributed by atoms with van der Waals surface area (Å²) in [5.41, 5.74) is 5.27. The van der Waals surface area contributed by atoms with Crippen LogP contribution in [-0.2, 0) is 6.54 Å². The number of halogens is 1. The first kappa shape index (κ1) is 19.0. The van der Waals surface area contributed by atoms with E-state index in [0.717, 1.165) is 22.6 Å². The lowest BCUT2D eigenvalue weighted by Gasteiger charge is -2.11. The van der Waals surface area contributed by atoms with E-state index >= 15 is 0 Å². The van der Waals surface area contributed by atoms with Crippen molar-refractivity contribution in [2.24, 2.45) is 0 Å². The molecule has 0 saturated carbocycles. The summed E-state index contributed by atoms with van der Waals surface area (Å²) in [4.78, 5) is 17.2. The quantitative estimate of drug-likeness (QED) is 0.497. The van der Waals surface area contributed by atoms with Gasteiger partial charge in [-0.05, 0) is 43.7 Å². The van der Waals surface area contributed by atoms with E-state index in [-0.39, 0.29) is 5.91 Å². The van der Waals surface area contributed by atoms with Crippen LogP contribution in [0.15, 0.2) is 60.8 Å². The Labute approximate surface area is 173 Å². The Kier molecular flexibility index (Phi) is 5.18. The first-order valence-corrected chi connectivity index (χ1v) is 9.60. The monoisotopic (exact) mass is 405 g/mol. The number of aryl methyl sites for hydroxylation is 2. The zero-order valence-corrected chi connectivity index (χ0v) is 16.9. The second-order valence-electron chi connectivity index (χ2n) is 6.82. The Morgan fingerprint density at radius 1 is 1.10 bits per heavy atom. The summed E-state index contributed by atoms with van der Waals surface area (Å²) in [6.45, 7) is 4.49. The van der Waals surface area contributed by atoms with Crippen LogP contribution in [0.2, 0.25) is 5.02 Å². The molecule has 29 heavy (non-hydrogen) atoms. The fourth-order valence-corrected chi connectivity index (χ4v) is 3.41. The number of fused-ring (bicyclic) bond motifs is 1. The third kappa shape index (κ3) is 4.07. The van der Waals surface area contributed by atoms with E-state index in [1.807, 2.05) is 62.4 Å². The van der Waals surface area contributed by atoms with Crippen molar-refractivity contribution >= 4 is 34.5 Å². The molecule has 0 aliphatic carbocycles. The normalized spacial score (nSPS) is 10.9. The van der Waals surface area contributed by atoms with Crippen LogP contribution in [0.1, 0.15) is 27.3 Å². The lowest BCUT2D eigenvalue weighted by molar-refractivity contribution is 0.102. The molecular formula is C22H20ClN5O. The van der Waals surface area contributed by atoms with Crippen molar-refractivity contribution in [3.05, 3.63) is 88.3 Å². The molecule has 2 aromatic carbocycles. The van der Waals surface area contributed by atoms with E-state index in [9.17, 15) is 4.79 Å². The van der Waals surface area contributed by atoms with Crippen LogP contribution in [0.4, 0.5) is 11.4 Å². The highest BCUT2D eigenvalue weighted by atomic mass is 35.5. The van der Waals surface area contributed by atoms with Crippen LogP contribution < -0.4 is 10.6 Å². The van der Waals surface area contributed by atoms with Gasteiger partial charge in [-0.2, -0.15) is 5.10 Å². The maximum atomic E-state index is 12.8. The van der Waals surface area contributed by atoms with Crippen LogP contribution in [-0.4, -0.2) is 20.5 Å². The molecule has 0 spiro atoms. The molecule has 2 N–H and O–H groups in total. The van der Waals surface area contributed by atoms with Crippen LogP contribution >= 0.6 is 11.6 Å². The molecule has 0 atom stereocenters. The zero-order valence-electron chi connectivity index (χ0n) is 16.1. The lowest BCUT2D eigenvalue weighted by atomic mass is 10.2. The Balaban J connectivity index is 1.50. The summed E-state index contributed by atoms with van der Waals surface area (Å²) >= 11 is 6.40. The van der Waals surface area contributed by atoms with E-state index in [4.69, 9.17) is 11.6 Å². The molecule has 2 aromatic heterocycles. The number of nitrogens with zero attached hydrogens (tertiary/aromatic N) is 3. The molecular weight excluding hydrogens is 386 g/mol. The van der Waals surface area contributed by atoms with E-state index in [1.165, 1.54) is 6.20 Å². The van der Waals surface area contributed by atoms with E-state index in [0.29, 0.717) is 28.5 Å². The topological polar surface area (TPSA) is 71.3 Å². The molecule has 0 radical (unpaired) electrons. The molecule has 4 rings (SSSR count). The van der Waals surface area contributed by atoms with E-state index in [2.05, 4.69) is 20.7 Å². The summed E-state index contributed by atoms with van der Waals surface area (Å²) in [5.74, 6) is -0.279. The molecule has 0 fully saturated rings. The van der Waals surface area contributed by atoms with Crippen molar-refractivity contribution < 1.29 is 4.79 Å². The largest absolute Gasteiger partial charge is 0.380 e. The third-order valence-corrected chi connectivity index (χ3v) is 4.89. The van der Waals surface area contributed by atoms with Gasteiger partial charge in [0.15, 0.2) is 5.65 Å². The molecule has 1 amide bonds. The van der Waals surface area contributed by atoms with Crippen molar-refractivity contribution in [1.82, 2.24) is 14.6 Å². The minimum absolute atomic E-state index is 0.279. The van der Waals surface area contributed by atoms with Gasteiger partial charge in [-0.3, -0.25) is 4.79 Å². The second-order valence-corrected chi connectivity index (χ2v) is 7.23. The molecule has 7 heteroatoms. The second kappa shape index (κ2) is 7.93. The van der Waals surface area contributed by atoms with Crippen LogP contribution in [0.25, 0.3) is 5.65 Å². The van der Waals surface area contributed by atoms with Crippen molar-refractivity contribution in [2.75, 3.05) is 10.6 Å². The highest BCUT2D eigenvalue weighted by Gasteiger charge is 2.16. The number of rotatable bonds is 5. The van der Waals surface area contributed by atoms with Crippen LogP contribution in [0, 0.1) is 13.8 Å². The lowest BCUT2D eigenvalue weighted by Crippen LogP contribution is -2.12. The van der Waals surface area contributed by atoms with Crippen LogP contribution in [0.5, 0.6) is 0 Å². The van der Waals surface area contributed by atoms with Gasteiger partial charge in [0.2, 0.25) is 0 Å². The Morgan fingerprint density at radius 2 is 1.90 bits per heavy atom. The van der Waals surface area contributed by atoms with Crippen LogP contribution in [0.3, 0.4) is 0 Å². The van der Waals surface area contributed by atoms with Gasteiger partial charge in [0.25, 0.3) is 5.91 Å². The van der Waals surface area contributed by atoms with Gasteiger partial charge in [-0.15, -0.1) is 0 Å². The van der Waals surface area contributed by atoms with Gasteiger partial charge < -0.3 is 10.6 Å². The molecule has 0 unspecified atom stereocenters. The predicted molar refractivity (Wildman–Crippen MR) is 116 cm³/mol. The average Bonchev–Trinajstić information content (AvgIpc) is 3.12. The van der Waals surface area contributed by atoms with Gasteiger partial charge in [0.05, 0.1) is 16.9 Å². The maximum absolute atomic E-state index is 12.8. The fourth-order valence-electron chi connectivity index (χ4n) is 3.16. The molecule has 0 aliphatic heterocycles. The Hall–Kier alpha value is -3.38. The summed E-state index contributed by atoms with van der Waals surface area (Å²) in [7, 11) is 0. The number of aromatic nitrogens is 3. The number of hydrogen-bond donors (Lipinski definition) is 2. The number of amides is 1. The average molecular weight is 406 g/mol. The molecule has 0 bridgehead atoms. The molecule has 4 aromatic rings. The number of benzene rings is 2. The summed E-state index contributed by atoms with van der Waals surface area (Å²) in [6, 6.07) is 17.4. The highest BCUT2D eigenvalue weighted by molar-refractivity contribution is 6.33. The molecule has 146 valence electrons. The maximum Gasteiger partial charge on any atom is 0.261 e. The predicted octanol–water partition coefficient (Wildman–Crippen LogP) is 4.86. The van der Waals surface area contributed by atoms with Crippen molar-refractivity contribution in [3.8, 4) is 0 Å². The van der Waals surface area contributed by atoms with Gasteiger partial charge in [-0.1, -0.05) is 41.9 Å². The van der Waals surface area contributed by atoms with Gasteiger partial charge in [0.1, 0.15) is 5.56 Å². The zero-order chi connectivity index (χ0) is 20.4. The van der Waals surface area contributed by atoms with Gasteiger partial charge in [-0.25, -0.2) is 9.50 Å². The number of carbonyl (C=O) groups excluding carboxylic acids is 1. The van der Waals surface area contributed by atoms with E-state index < -0.39 is 0 Å². The SMILES string of the molecule is Cc1cc(C)n2ncc(C(=O)Nc3ccc(NCc4ccccc4)c(Cl)c3)c2n1. The molecule has 0 aliphatic rings. The molecule has 2 heterocycles. The highest BCUT2D eigenvalue weighted by Crippen LogP contribution is 2.26. The minimum Gasteiger partial charge on any atom is -0.380 e. The first-order chi connectivity index (χ1) is 14.0. The van der Waals surface area contributed by atoms with Gasteiger partial charge in [0, 0.05) is 23.6 Å². The minimum atomic E-state index is -0.279. The summed E-state index contributed by atoms with van der Waals surface area (Å²) < 4.78 is 1.66.